The Balaban J connectivity index is 1.38. The van der Waals surface area contributed by atoms with E-state index in [1.165, 1.54) is 11.3 Å². The fraction of sp³-hybridized carbons (Fsp3) is 0.238. The first-order valence-corrected chi connectivity index (χ1v) is 11.0. The summed E-state index contributed by atoms with van der Waals surface area (Å²) in [6.45, 7) is 2.73. The van der Waals surface area contributed by atoms with Gasteiger partial charge in [-0.2, -0.15) is 11.8 Å². The number of hydrogen-bond donors (Lipinski definition) is 1. The van der Waals surface area contributed by atoms with Crippen LogP contribution in [0, 0.1) is 0 Å². The highest BCUT2D eigenvalue weighted by Crippen LogP contribution is 2.33. The predicted octanol–water partition coefficient (Wildman–Crippen LogP) is 5.51. The van der Waals surface area contributed by atoms with Crippen LogP contribution in [-0.4, -0.2) is 22.3 Å². The molecule has 144 valence electrons. The number of furan rings is 1. The van der Waals surface area contributed by atoms with Crippen LogP contribution in [0.25, 0.3) is 21.5 Å². The molecule has 1 N–H and O–H groups in total. The van der Waals surface area contributed by atoms with Crippen molar-refractivity contribution in [3.05, 3.63) is 70.3 Å². The second-order valence-electron chi connectivity index (χ2n) is 6.29. The van der Waals surface area contributed by atoms with Crippen LogP contribution < -0.4 is 10.3 Å². The number of para-hydroxylation sites is 1. The largest absolute Gasteiger partial charge is 0.494 e. The average Bonchev–Trinajstić information content (AvgIpc) is 3.38. The van der Waals surface area contributed by atoms with E-state index < -0.39 is 0 Å². The molecule has 3 heterocycles. The molecule has 0 aliphatic rings. The number of fused-ring (bicyclic) bond motifs is 1. The van der Waals surface area contributed by atoms with Gasteiger partial charge in [0.15, 0.2) is 0 Å². The Kier molecular flexibility index (Phi) is 5.83. The maximum absolute atomic E-state index is 12.7. The average molecular weight is 413 g/mol. The third-order valence-electron chi connectivity index (χ3n) is 4.30. The van der Waals surface area contributed by atoms with Crippen LogP contribution in [0.3, 0.4) is 0 Å². The zero-order valence-corrected chi connectivity index (χ0v) is 17.0. The molecule has 0 bridgehead atoms. The van der Waals surface area contributed by atoms with Crippen molar-refractivity contribution in [1.29, 1.82) is 0 Å². The highest BCUT2D eigenvalue weighted by atomic mass is 32.2. The normalized spacial score (nSPS) is 12.3. The van der Waals surface area contributed by atoms with Gasteiger partial charge in [0.25, 0.3) is 5.56 Å². The number of ether oxygens (including phenoxy) is 1. The van der Waals surface area contributed by atoms with Crippen LogP contribution in [0.4, 0.5) is 0 Å². The summed E-state index contributed by atoms with van der Waals surface area (Å²) in [6.07, 6.45) is 2.53. The Morgan fingerprint density at radius 2 is 2.11 bits per heavy atom. The molecule has 1 unspecified atom stereocenters. The van der Waals surface area contributed by atoms with Crippen LogP contribution >= 0.6 is 23.1 Å². The molecule has 0 saturated carbocycles. The molecule has 3 aromatic heterocycles. The summed E-state index contributed by atoms with van der Waals surface area (Å²) in [5.41, 5.74) is 0.677. The second-order valence-corrected chi connectivity index (χ2v) is 8.59. The van der Waals surface area contributed by atoms with Gasteiger partial charge in [-0.05, 0) is 43.4 Å². The number of hydrogen-bond acceptors (Lipinski definition) is 6. The monoisotopic (exact) mass is 412 g/mol. The summed E-state index contributed by atoms with van der Waals surface area (Å²) >= 11 is 3.23. The molecule has 0 amide bonds. The molecule has 1 atom stereocenters. The minimum atomic E-state index is -0.118. The van der Waals surface area contributed by atoms with E-state index in [1.54, 1.807) is 18.0 Å². The topological polar surface area (TPSA) is 68.1 Å². The lowest BCUT2D eigenvalue weighted by molar-refractivity contribution is 0.318. The van der Waals surface area contributed by atoms with Gasteiger partial charge in [-0.3, -0.25) is 4.79 Å². The number of thiophene rings is 1. The van der Waals surface area contributed by atoms with Crippen molar-refractivity contribution in [1.82, 2.24) is 9.97 Å². The highest BCUT2D eigenvalue weighted by molar-refractivity contribution is 7.99. The van der Waals surface area contributed by atoms with Crippen LogP contribution in [0.1, 0.15) is 24.4 Å². The first kappa shape index (κ1) is 18.8. The van der Waals surface area contributed by atoms with Gasteiger partial charge in [0, 0.05) is 10.9 Å². The quantitative estimate of drug-likeness (QED) is 0.387. The standard InChI is InChI=1S/C21H20N2O3S2/c1-14(27-12-6-11-25-15-7-3-2-4-8-15)19-22-20(24)18-16(13-28-21(18)23-19)17-9-5-10-26-17/h2-5,7-10,13-14H,6,11-12H2,1H3,(H,22,23,24). The molecule has 0 spiro atoms. The third kappa shape index (κ3) is 4.15. The number of nitrogens with zero attached hydrogens (tertiary/aromatic N) is 1. The van der Waals surface area contributed by atoms with Gasteiger partial charge in [0.2, 0.25) is 0 Å². The van der Waals surface area contributed by atoms with Crippen LogP contribution in [0.2, 0.25) is 0 Å². The van der Waals surface area contributed by atoms with E-state index in [1.807, 2.05) is 47.8 Å². The summed E-state index contributed by atoms with van der Waals surface area (Å²) in [4.78, 5) is 21.0. The Hall–Kier alpha value is -2.51. The summed E-state index contributed by atoms with van der Waals surface area (Å²) in [5.74, 6) is 3.21. The van der Waals surface area contributed by atoms with Gasteiger partial charge < -0.3 is 14.1 Å². The van der Waals surface area contributed by atoms with Crippen LogP contribution in [0.15, 0.2) is 63.3 Å². The number of nitrogens with one attached hydrogen (secondary N) is 1. The van der Waals surface area contributed by atoms with Gasteiger partial charge in [0.05, 0.1) is 23.5 Å². The van der Waals surface area contributed by atoms with Gasteiger partial charge in [-0.1, -0.05) is 18.2 Å². The number of aromatic nitrogens is 2. The summed E-state index contributed by atoms with van der Waals surface area (Å²) in [7, 11) is 0. The maximum atomic E-state index is 12.7. The smallest absolute Gasteiger partial charge is 0.260 e. The minimum Gasteiger partial charge on any atom is -0.494 e. The summed E-state index contributed by atoms with van der Waals surface area (Å²) < 4.78 is 11.2. The van der Waals surface area contributed by atoms with Crippen molar-refractivity contribution in [3.8, 4) is 17.1 Å². The van der Waals surface area contributed by atoms with Gasteiger partial charge in [-0.15, -0.1) is 11.3 Å². The lowest BCUT2D eigenvalue weighted by Gasteiger charge is -2.11. The molecule has 0 aliphatic carbocycles. The molecule has 4 rings (SSSR count). The van der Waals surface area contributed by atoms with E-state index in [0.29, 0.717) is 23.6 Å². The van der Waals surface area contributed by atoms with E-state index >= 15 is 0 Å². The number of thioether (sulfide) groups is 1. The fourth-order valence-corrected chi connectivity index (χ4v) is 4.72. The van der Waals surface area contributed by atoms with Crippen LogP contribution in [-0.2, 0) is 0 Å². The molecule has 4 aromatic rings. The molecule has 7 heteroatoms. The van der Waals surface area contributed by atoms with Gasteiger partial charge in [0.1, 0.15) is 22.2 Å². The molecule has 0 aliphatic heterocycles. The number of benzene rings is 1. The predicted molar refractivity (Wildman–Crippen MR) is 115 cm³/mol. The maximum Gasteiger partial charge on any atom is 0.260 e. The van der Waals surface area contributed by atoms with Crippen molar-refractivity contribution >= 4 is 33.3 Å². The molecule has 0 radical (unpaired) electrons. The zero-order chi connectivity index (χ0) is 19.3. The number of aromatic amines is 1. The molecular weight excluding hydrogens is 392 g/mol. The highest BCUT2D eigenvalue weighted by Gasteiger charge is 2.17. The Morgan fingerprint density at radius 1 is 1.25 bits per heavy atom. The Bertz CT molecular complexity index is 1090. The van der Waals surface area contributed by atoms with Crippen LogP contribution in [0.5, 0.6) is 5.75 Å². The molecule has 1 aromatic carbocycles. The van der Waals surface area contributed by atoms with E-state index in [-0.39, 0.29) is 10.8 Å². The SMILES string of the molecule is CC(SCCCOc1ccccc1)c1nc2scc(-c3ccco3)c2c(=O)[nH]1. The first-order valence-electron chi connectivity index (χ1n) is 9.07. The molecule has 28 heavy (non-hydrogen) atoms. The summed E-state index contributed by atoms with van der Waals surface area (Å²) in [5, 5.41) is 2.62. The second kappa shape index (κ2) is 8.67. The number of rotatable bonds is 8. The molecular formula is C21H20N2O3S2. The van der Waals surface area contributed by atoms with Crippen molar-refractivity contribution in [2.75, 3.05) is 12.4 Å². The lowest BCUT2D eigenvalue weighted by Crippen LogP contribution is -2.12. The Morgan fingerprint density at radius 3 is 2.89 bits per heavy atom. The number of H-pyrrole nitrogens is 1. The Labute approximate surface area is 170 Å². The minimum absolute atomic E-state index is 0.1000. The van der Waals surface area contributed by atoms with Crippen molar-refractivity contribution in [3.63, 3.8) is 0 Å². The van der Waals surface area contributed by atoms with Crippen molar-refractivity contribution < 1.29 is 9.15 Å². The van der Waals surface area contributed by atoms with E-state index in [0.717, 1.165) is 28.3 Å². The van der Waals surface area contributed by atoms with Gasteiger partial charge in [-0.25, -0.2) is 4.98 Å². The van der Waals surface area contributed by atoms with E-state index in [2.05, 4.69) is 16.9 Å². The first-order chi connectivity index (χ1) is 13.7. The molecule has 0 fully saturated rings. The lowest BCUT2D eigenvalue weighted by atomic mass is 10.2. The zero-order valence-electron chi connectivity index (χ0n) is 15.4. The third-order valence-corrected chi connectivity index (χ3v) is 6.42. The fourth-order valence-electron chi connectivity index (χ4n) is 2.88. The van der Waals surface area contributed by atoms with E-state index in [9.17, 15) is 4.79 Å². The van der Waals surface area contributed by atoms with E-state index in [4.69, 9.17) is 9.15 Å². The van der Waals surface area contributed by atoms with Crippen molar-refractivity contribution in [2.45, 2.75) is 18.6 Å². The van der Waals surface area contributed by atoms with Gasteiger partial charge >= 0.3 is 0 Å². The molecule has 5 nitrogen and oxygen atoms in total. The molecule has 0 saturated heterocycles. The van der Waals surface area contributed by atoms with Crippen molar-refractivity contribution in [2.24, 2.45) is 0 Å². The summed E-state index contributed by atoms with van der Waals surface area (Å²) in [6, 6.07) is 13.5.